The molecule has 1 aromatic rings. The van der Waals surface area contributed by atoms with Gasteiger partial charge in [-0.1, -0.05) is 18.5 Å². The van der Waals surface area contributed by atoms with Crippen molar-refractivity contribution < 1.29 is 4.52 Å². The molecule has 1 N–H and O–H groups in total. The summed E-state index contributed by atoms with van der Waals surface area (Å²) in [5, 5.41) is 7.63. The maximum atomic E-state index is 5.43. The van der Waals surface area contributed by atoms with Crippen LogP contribution >= 0.6 is 0 Å². The van der Waals surface area contributed by atoms with Gasteiger partial charge < -0.3 is 9.84 Å². The predicted molar refractivity (Wildman–Crippen MR) is 64.6 cm³/mol. The molecule has 1 saturated carbocycles. The Hall–Kier alpha value is -0.900. The minimum absolute atomic E-state index is 0.295. The van der Waals surface area contributed by atoms with E-state index >= 15 is 0 Å². The summed E-state index contributed by atoms with van der Waals surface area (Å²) in [6.45, 7) is 3.38. The van der Waals surface area contributed by atoms with Gasteiger partial charge in [0.2, 0.25) is 5.89 Å². The van der Waals surface area contributed by atoms with Crippen LogP contribution in [0.3, 0.4) is 0 Å². The van der Waals surface area contributed by atoms with Gasteiger partial charge in [0.1, 0.15) is 0 Å². The largest absolute Gasteiger partial charge is 0.338 e. The van der Waals surface area contributed by atoms with Crippen LogP contribution in [-0.4, -0.2) is 16.7 Å². The van der Waals surface area contributed by atoms with E-state index in [1.807, 2.05) is 0 Å². The zero-order valence-corrected chi connectivity index (χ0v) is 10.5. The van der Waals surface area contributed by atoms with Crippen molar-refractivity contribution in [3.63, 3.8) is 0 Å². The van der Waals surface area contributed by atoms with E-state index in [0.717, 1.165) is 30.6 Å². The lowest BCUT2D eigenvalue weighted by Crippen LogP contribution is -2.27. The number of nitrogens with zero attached hydrogens (tertiary/aromatic N) is 2. The first-order chi connectivity index (χ1) is 8.33. The van der Waals surface area contributed by atoms with Gasteiger partial charge in [0, 0.05) is 5.92 Å². The van der Waals surface area contributed by atoms with Crippen LogP contribution in [0.1, 0.15) is 69.1 Å². The van der Waals surface area contributed by atoms with Gasteiger partial charge in [0.05, 0.1) is 6.04 Å². The first-order valence-corrected chi connectivity index (χ1v) is 6.90. The summed E-state index contributed by atoms with van der Waals surface area (Å²) < 4.78 is 5.43. The second-order valence-electron chi connectivity index (χ2n) is 5.61. The van der Waals surface area contributed by atoms with Gasteiger partial charge in [0.25, 0.3) is 0 Å². The molecular formula is C13H21N3O. The van der Waals surface area contributed by atoms with Crippen LogP contribution in [-0.2, 0) is 0 Å². The van der Waals surface area contributed by atoms with Crippen molar-refractivity contribution in [2.24, 2.45) is 5.92 Å². The van der Waals surface area contributed by atoms with Gasteiger partial charge in [-0.05, 0) is 44.6 Å². The Balaban J connectivity index is 1.69. The van der Waals surface area contributed by atoms with Crippen molar-refractivity contribution in [3.05, 3.63) is 11.7 Å². The molecule has 0 aromatic carbocycles. The molecule has 3 rings (SSSR count). The highest BCUT2D eigenvalue weighted by Gasteiger charge is 2.28. The third kappa shape index (κ3) is 2.37. The van der Waals surface area contributed by atoms with Gasteiger partial charge >= 0.3 is 0 Å². The molecule has 1 aromatic heterocycles. The molecule has 2 heterocycles. The monoisotopic (exact) mass is 235 g/mol. The SMILES string of the molecule is CC1CCC(c2noc([C@H]3CCCCN3)n2)C1. The molecule has 0 spiro atoms. The highest BCUT2D eigenvalue weighted by molar-refractivity contribution is 5.01. The lowest BCUT2D eigenvalue weighted by atomic mass is 10.0. The number of aromatic nitrogens is 2. The number of hydrogen-bond donors (Lipinski definition) is 1. The maximum Gasteiger partial charge on any atom is 0.243 e. The molecule has 2 unspecified atom stereocenters. The standard InChI is InChI=1S/C13H21N3O/c1-9-5-6-10(8-9)12-15-13(17-16-12)11-4-2-3-7-14-11/h9-11,14H,2-8H2,1H3/t9?,10?,11-/m1/s1. The minimum Gasteiger partial charge on any atom is -0.338 e. The average Bonchev–Trinajstić information content (AvgIpc) is 2.98. The predicted octanol–water partition coefficient (Wildman–Crippen LogP) is 2.79. The van der Waals surface area contributed by atoms with Gasteiger partial charge in [0.15, 0.2) is 5.82 Å². The molecular weight excluding hydrogens is 214 g/mol. The van der Waals surface area contributed by atoms with E-state index in [-0.39, 0.29) is 0 Å². The Morgan fingerprint density at radius 2 is 2.18 bits per heavy atom. The molecule has 1 saturated heterocycles. The Morgan fingerprint density at radius 1 is 1.24 bits per heavy atom. The van der Waals surface area contributed by atoms with E-state index in [4.69, 9.17) is 4.52 Å². The highest BCUT2D eigenvalue weighted by Crippen LogP contribution is 2.37. The molecule has 0 bridgehead atoms. The van der Waals surface area contributed by atoms with Crippen molar-refractivity contribution in [2.45, 2.75) is 57.4 Å². The van der Waals surface area contributed by atoms with Gasteiger partial charge in [-0.3, -0.25) is 0 Å². The maximum absolute atomic E-state index is 5.43. The fraction of sp³-hybridized carbons (Fsp3) is 0.846. The molecule has 4 heteroatoms. The van der Waals surface area contributed by atoms with Crippen LogP contribution in [0, 0.1) is 5.92 Å². The first kappa shape index (κ1) is 11.2. The van der Waals surface area contributed by atoms with E-state index < -0.39 is 0 Å². The molecule has 0 amide bonds. The summed E-state index contributed by atoms with van der Waals surface area (Å²) in [6.07, 6.45) is 7.39. The smallest absolute Gasteiger partial charge is 0.243 e. The second-order valence-corrected chi connectivity index (χ2v) is 5.61. The van der Waals surface area contributed by atoms with Gasteiger partial charge in [-0.25, -0.2) is 0 Å². The zero-order valence-electron chi connectivity index (χ0n) is 10.5. The quantitative estimate of drug-likeness (QED) is 0.856. The fourth-order valence-corrected chi connectivity index (χ4v) is 3.06. The molecule has 17 heavy (non-hydrogen) atoms. The number of rotatable bonds is 2. The van der Waals surface area contributed by atoms with Gasteiger partial charge in [-0.15, -0.1) is 0 Å². The Labute approximate surface area is 102 Å². The Bertz CT molecular complexity index is 351. The summed E-state index contributed by atoms with van der Waals surface area (Å²) in [5.41, 5.74) is 0. The van der Waals surface area contributed by atoms with Crippen molar-refractivity contribution >= 4 is 0 Å². The molecule has 94 valence electrons. The number of nitrogens with one attached hydrogen (secondary N) is 1. The first-order valence-electron chi connectivity index (χ1n) is 6.90. The van der Waals surface area contributed by atoms with Crippen molar-refractivity contribution in [1.29, 1.82) is 0 Å². The van der Waals surface area contributed by atoms with Crippen molar-refractivity contribution in [2.75, 3.05) is 6.54 Å². The summed E-state index contributed by atoms with van der Waals surface area (Å²) in [4.78, 5) is 4.61. The van der Waals surface area contributed by atoms with E-state index in [1.165, 1.54) is 32.1 Å². The summed E-state index contributed by atoms with van der Waals surface area (Å²) in [5.74, 6) is 3.09. The summed E-state index contributed by atoms with van der Waals surface area (Å²) in [7, 11) is 0. The lowest BCUT2D eigenvalue weighted by Gasteiger charge is -2.19. The molecule has 2 fully saturated rings. The third-order valence-corrected chi connectivity index (χ3v) is 4.13. The molecule has 0 radical (unpaired) electrons. The van der Waals surface area contributed by atoms with Crippen molar-refractivity contribution in [3.8, 4) is 0 Å². The molecule has 1 aliphatic heterocycles. The fourth-order valence-electron chi connectivity index (χ4n) is 3.06. The zero-order chi connectivity index (χ0) is 11.7. The molecule has 4 nitrogen and oxygen atoms in total. The van der Waals surface area contributed by atoms with E-state index in [9.17, 15) is 0 Å². The summed E-state index contributed by atoms with van der Waals surface area (Å²) in [6, 6.07) is 0.295. The van der Waals surface area contributed by atoms with E-state index in [1.54, 1.807) is 0 Å². The lowest BCUT2D eigenvalue weighted by molar-refractivity contribution is 0.295. The molecule has 3 atom stereocenters. The minimum atomic E-state index is 0.295. The second kappa shape index (κ2) is 4.77. The number of piperidine rings is 1. The topological polar surface area (TPSA) is 51.0 Å². The van der Waals surface area contributed by atoms with Crippen LogP contribution in [0.2, 0.25) is 0 Å². The van der Waals surface area contributed by atoms with Crippen LogP contribution < -0.4 is 5.32 Å². The molecule has 1 aliphatic carbocycles. The highest BCUT2D eigenvalue weighted by atomic mass is 16.5. The van der Waals surface area contributed by atoms with Crippen LogP contribution in [0.25, 0.3) is 0 Å². The van der Waals surface area contributed by atoms with Gasteiger partial charge in [-0.2, -0.15) is 4.98 Å². The van der Waals surface area contributed by atoms with Crippen LogP contribution in [0.4, 0.5) is 0 Å². The third-order valence-electron chi connectivity index (χ3n) is 4.13. The average molecular weight is 235 g/mol. The van der Waals surface area contributed by atoms with Crippen LogP contribution in [0.15, 0.2) is 4.52 Å². The Kier molecular flexibility index (Phi) is 3.14. The van der Waals surface area contributed by atoms with E-state index in [2.05, 4.69) is 22.4 Å². The molecule has 2 aliphatic rings. The van der Waals surface area contributed by atoms with Crippen molar-refractivity contribution in [1.82, 2.24) is 15.5 Å². The van der Waals surface area contributed by atoms with Crippen LogP contribution in [0.5, 0.6) is 0 Å². The normalized spacial score (nSPS) is 34.1. The summed E-state index contributed by atoms with van der Waals surface area (Å²) >= 11 is 0. The number of hydrogen-bond acceptors (Lipinski definition) is 4. The Morgan fingerprint density at radius 3 is 2.88 bits per heavy atom. The van der Waals surface area contributed by atoms with E-state index in [0.29, 0.717) is 12.0 Å².